The average molecular weight is 530 g/mol. The van der Waals surface area contributed by atoms with Gasteiger partial charge in [-0.15, -0.1) is 0 Å². The summed E-state index contributed by atoms with van der Waals surface area (Å²) in [5.41, 5.74) is 3.21. The molecule has 2 aromatic carbocycles. The third kappa shape index (κ3) is 5.93. The molecule has 0 unspecified atom stereocenters. The Balaban J connectivity index is 1.36. The van der Waals surface area contributed by atoms with Crippen LogP contribution in [-0.4, -0.2) is 30.4 Å². The normalized spacial score (nSPS) is 11.3. The molecule has 0 spiro atoms. The molecule has 2 N–H and O–H groups in total. The fraction of sp³-hybridized carbons (Fsp3) is 0.107. The van der Waals surface area contributed by atoms with Gasteiger partial charge in [0.2, 0.25) is 5.95 Å². The van der Waals surface area contributed by atoms with Gasteiger partial charge < -0.3 is 15.2 Å². The molecule has 3 aromatic heterocycles. The lowest BCUT2D eigenvalue weighted by molar-refractivity contribution is -0.137. The summed E-state index contributed by atoms with van der Waals surface area (Å²) in [7, 11) is 0. The number of benzene rings is 2. The van der Waals surface area contributed by atoms with Gasteiger partial charge in [-0.2, -0.15) is 13.2 Å². The molecule has 0 aliphatic heterocycles. The summed E-state index contributed by atoms with van der Waals surface area (Å²) in [6.45, 7) is 3.53. The summed E-state index contributed by atoms with van der Waals surface area (Å²) in [4.78, 5) is 29.9. The molecule has 0 fully saturated rings. The molecule has 0 bridgehead atoms. The molecule has 0 radical (unpaired) electrons. The third-order valence-electron chi connectivity index (χ3n) is 5.86. The fourth-order valence-corrected chi connectivity index (χ4v) is 3.92. The predicted octanol–water partition coefficient (Wildman–Crippen LogP) is 6.36. The van der Waals surface area contributed by atoms with E-state index in [2.05, 4.69) is 30.6 Å². The van der Waals surface area contributed by atoms with E-state index in [0.29, 0.717) is 23.0 Å². The van der Waals surface area contributed by atoms with Gasteiger partial charge in [-0.05, 0) is 74.0 Å². The Labute approximate surface area is 221 Å². The van der Waals surface area contributed by atoms with E-state index in [1.807, 2.05) is 12.1 Å². The zero-order valence-electron chi connectivity index (χ0n) is 20.9. The number of hydrogen-bond donors (Lipinski definition) is 2. The van der Waals surface area contributed by atoms with Gasteiger partial charge in [0, 0.05) is 53.0 Å². The highest BCUT2D eigenvalue weighted by atomic mass is 19.4. The molecule has 0 aliphatic carbocycles. The van der Waals surface area contributed by atoms with Crippen molar-refractivity contribution < 1.29 is 18.0 Å². The van der Waals surface area contributed by atoms with Crippen molar-refractivity contribution in [1.29, 1.82) is 0 Å². The largest absolute Gasteiger partial charge is 0.416 e. The Morgan fingerprint density at radius 1 is 0.974 bits per heavy atom. The molecular formula is C28H22F3N7O. The van der Waals surface area contributed by atoms with E-state index >= 15 is 0 Å². The van der Waals surface area contributed by atoms with Crippen molar-refractivity contribution >= 4 is 23.2 Å². The molecule has 0 saturated heterocycles. The number of carbonyl (C=O) groups excluding carboxylic acids is 1. The zero-order valence-corrected chi connectivity index (χ0v) is 20.9. The van der Waals surface area contributed by atoms with E-state index in [0.717, 1.165) is 23.3 Å². The van der Waals surface area contributed by atoms with Crippen LogP contribution in [0.5, 0.6) is 0 Å². The van der Waals surface area contributed by atoms with Crippen LogP contribution in [0.25, 0.3) is 16.9 Å². The second-order valence-corrected chi connectivity index (χ2v) is 8.80. The molecule has 0 saturated carbocycles. The first kappa shape index (κ1) is 25.6. The van der Waals surface area contributed by atoms with Crippen molar-refractivity contribution in [2.75, 3.05) is 10.6 Å². The van der Waals surface area contributed by atoms with Gasteiger partial charge in [0.15, 0.2) is 0 Å². The Bertz CT molecular complexity index is 1650. The topological polar surface area (TPSA) is 97.6 Å². The number of nitrogens with one attached hydrogen (secondary N) is 2. The van der Waals surface area contributed by atoms with Crippen LogP contribution in [0.1, 0.15) is 27.2 Å². The monoisotopic (exact) mass is 529 g/mol. The van der Waals surface area contributed by atoms with Crippen molar-refractivity contribution in [3.8, 4) is 16.9 Å². The molecular weight excluding hydrogens is 507 g/mol. The van der Waals surface area contributed by atoms with Crippen molar-refractivity contribution in [1.82, 2.24) is 24.5 Å². The number of halogens is 3. The molecule has 3 heterocycles. The number of pyridine rings is 1. The number of aryl methyl sites for hydroxylation is 2. The van der Waals surface area contributed by atoms with E-state index in [4.69, 9.17) is 0 Å². The number of nitrogens with zero attached hydrogens (tertiary/aromatic N) is 5. The minimum absolute atomic E-state index is 0.0108. The summed E-state index contributed by atoms with van der Waals surface area (Å²) in [6, 6.07) is 13.8. The molecule has 8 nitrogen and oxygen atoms in total. The van der Waals surface area contributed by atoms with Crippen LogP contribution in [-0.2, 0) is 6.18 Å². The minimum Gasteiger partial charge on any atom is -0.324 e. The fourth-order valence-electron chi connectivity index (χ4n) is 3.92. The number of aromatic nitrogens is 5. The number of anilines is 3. The molecule has 0 aliphatic rings. The van der Waals surface area contributed by atoms with E-state index in [-0.39, 0.29) is 16.9 Å². The molecule has 5 aromatic rings. The van der Waals surface area contributed by atoms with Crippen LogP contribution in [0.15, 0.2) is 85.7 Å². The number of amides is 1. The third-order valence-corrected chi connectivity index (χ3v) is 5.86. The van der Waals surface area contributed by atoms with Crippen molar-refractivity contribution in [3.63, 3.8) is 0 Å². The van der Waals surface area contributed by atoms with Crippen LogP contribution in [0, 0.1) is 13.8 Å². The van der Waals surface area contributed by atoms with Gasteiger partial charge in [0.05, 0.1) is 23.3 Å². The lowest BCUT2D eigenvalue weighted by Crippen LogP contribution is -2.14. The average Bonchev–Trinajstić information content (AvgIpc) is 3.36. The SMILES string of the molecule is Cc1cn(-c2cc(NC(=O)c3ccc(Nc4nccc(-c5cccnc5)n4)c(C)c3)cc(C(F)(F)F)c2)cn1. The van der Waals surface area contributed by atoms with Gasteiger partial charge in [0.25, 0.3) is 5.91 Å². The standard InChI is InChI=1S/C28H22F3N7O/c1-17-10-19(5-6-24(17)36-27-33-9-7-25(37-27)20-4-3-8-32-14-20)26(39)35-22-11-21(28(29,30)31)12-23(13-22)38-15-18(2)34-16-38/h3-16H,1-2H3,(H,35,39)(H,33,36,37). The lowest BCUT2D eigenvalue weighted by atomic mass is 10.1. The van der Waals surface area contributed by atoms with Crippen LogP contribution in [0.2, 0.25) is 0 Å². The van der Waals surface area contributed by atoms with Gasteiger partial charge in [-0.25, -0.2) is 15.0 Å². The highest BCUT2D eigenvalue weighted by molar-refractivity contribution is 6.04. The van der Waals surface area contributed by atoms with Crippen LogP contribution < -0.4 is 10.6 Å². The summed E-state index contributed by atoms with van der Waals surface area (Å²) >= 11 is 0. The van der Waals surface area contributed by atoms with Crippen molar-refractivity contribution in [3.05, 3.63) is 108 Å². The number of alkyl halides is 3. The van der Waals surface area contributed by atoms with E-state index < -0.39 is 17.6 Å². The first-order chi connectivity index (χ1) is 18.7. The highest BCUT2D eigenvalue weighted by Crippen LogP contribution is 2.33. The highest BCUT2D eigenvalue weighted by Gasteiger charge is 2.31. The Morgan fingerprint density at radius 2 is 1.82 bits per heavy atom. The zero-order chi connectivity index (χ0) is 27.6. The van der Waals surface area contributed by atoms with Gasteiger partial charge in [-0.3, -0.25) is 9.78 Å². The predicted molar refractivity (Wildman–Crippen MR) is 141 cm³/mol. The summed E-state index contributed by atoms with van der Waals surface area (Å²) in [5.74, 6) is -0.186. The minimum atomic E-state index is -4.59. The lowest BCUT2D eigenvalue weighted by Gasteiger charge is -2.14. The second-order valence-electron chi connectivity index (χ2n) is 8.80. The van der Waals surface area contributed by atoms with Crippen molar-refractivity contribution in [2.45, 2.75) is 20.0 Å². The number of rotatable bonds is 6. The van der Waals surface area contributed by atoms with Crippen LogP contribution in [0.4, 0.5) is 30.5 Å². The van der Waals surface area contributed by atoms with Crippen LogP contribution >= 0.6 is 0 Å². The van der Waals surface area contributed by atoms with E-state index in [1.165, 1.54) is 17.0 Å². The molecule has 11 heteroatoms. The van der Waals surface area contributed by atoms with E-state index in [1.54, 1.807) is 62.9 Å². The van der Waals surface area contributed by atoms with Crippen LogP contribution in [0.3, 0.4) is 0 Å². The smallest absolute Gasteiger partial charge is 0.324 e. The first-order valence-corrected chi connectivity index (χ1v) is 11.8. The van der Waals surface area contributed by atoms with Crippen molar-refractivity contribution in [2.24, 2.45) is 0 Å². The Hall–Kier alpha value is -5.06. The maximum absolute atomic E-state index is 13.6. The molecule has 0 atom stereocenters. The van der Waals surface area contributed by atoms with Gasteiger partial charge >= 0.3 is 6.18 Å². The Morgan fingerprint density at radius 3 is 2.51 bits per heavy atom. The number of hydrogen-bond acceptors (Lipinski definition) is 6. The summed E-state index contributed by atoms with van der Waals surface area (Å²) < 4.78 is 42.2. The number of carbonyl (C=O) groups is 1. The maximum Gasteiger partial charge on any atom is 0.416 e. The Kier molecular flexibility index (Phi) is 6.80. The first-order valence-electron chi connectivity index (χ1n) is 11.8. The molecule has 39 heavy (non-hydrogen) atoms. The quantitative estimate of drug-likeness (QED) is 0.266. The van der Waals surface area contributed by atoms with Gasteiger partial charge in [-0.1, -0.05) is 0 Å². The molecule has 1 amide bonds. The second kappa shape index (κ2) is 10.4. The number of imidazole rings is 1. The summed E-state index contributed by atoms with van der Waals surface area (Å²) in [6.07, 6.45) is 3.44. The van der Waals surface area contributed by atoms with Gasteiger partial charge in [0.1, 0.15) is 0 Å². The van der Waals surface area contributed by atoms with E-state index in [9.17, 15) is 18.0 Å². The maximum atomic E-state index is 13.6. The summed E-state index contributed by atoms with van der Waals surface area (Å²) in [5, 5.41) is 5.73. The molecule has 196 valence electrons. The molecule has 5 rings (SSSR count).